The molecule has 0 heterocycles. The summed E-state index contributed by atoms with van der Waals surface area (Å²) in [6.45, 7) is 1.41. The van der Waals surface area contributed by atoms with Crippen LogP contribution in [0.4, 0.5) is 5.69 Å². The number of fused-ring (bicyclic) bond motifs is 2. The lowest BCUT2D eigenvalue weighted by Crippen LogP contribution is -2.53. The molecule has 7 nitrogen and oxygen atoms in total. The summed E-state index contributed by atoms with van der Waals surface area (Å²) in [6.07, 6.45) is 5.35. The highest BCUT2D eigenvalue weighted by atomic mass is 16.5. The van der Waals surface area contributed by atoms with Crippen LogP contribution in [-0.2, 0) is 4.79 Å². The van der Waals surface area contributed by atoms with Crippen LogP contribution in [0.25, 0.3) is 0 Å². The van der Waals surface area contributed by atoms with Gasteiger partial charge in [-0.2, -0.15) is 0 Å². The molecule has 2 unspecified atom stereocenters. The fourth-order valence-electron chi connectivity index (χ4n) is 4.64. The molecule has 2 saturated carbocycles. The summed E-state index contributed by atoms with van der Waals surface area (Å²) in [5.74, 6) is 1.26. The van der Waals surface area contributed by atoms with E-state index in [9.17, 15) is 9.59 Å². The number of hydrogen-bond donors (Lipinski definition) is 3. The average Bonchev–Trinajstić information content (AvgIpc) is 2.61. The molecule has 2 bridgehead atoms. The molecule has 1 aromatic rings. The Morgan fingerprint density at radius 2 is 1.78 bits per heavy atom. The molecule has 0 radical (unpaired) electrons. The molecule has 27 heavy (non-hydrogen) atoms. The first-order chi connectivity index (χ1) is 12.9. The fourth-order valence-corrected chi connectivity index (χ4v) is 4.64. The quantitative estimate of drug-likeness (QED) is 0.733. The van der Waals surface area contributed by atoms with Crippen LogP contribution >= 0.6 is 0 Å². The molecule has 0 saturated heterocycles. The molecule has 148 valence electrons. The summed E-state index contributed by atoms with van der Waals surface area (Å²) in [4.78, 5) is 24.5. The molecular weight excluding hydrogens is 346 g/mol. The van der Waals surface area contributed by atoms with E-state index in [1.165, 1.54) is 27.6 Å². The van der Waals surface area contributed by atoms with Gasteiger partial charge in [-0.1, -0.05) is 6.42 Å². The largest absolute Gasteiger partial charge is 0.493 e. The van der Waals surface area contributed by atoms with Crippen molar-refractivity contribution in [1.29, 1.82) is 0 Å². The highest BCUT2D eigenvalue weighted by molar-refractivity contribution is 5.99. The number of nitrogens with one attached hydrogen (secondary N) is 2. The van der Waals surface area contributed by atoms with Gasteiger partial charge in [0.2, 0.25) is 5.91 Å². The van der Waals surface area contributed by atoms with Gasteiger partial charge < -0.3 is 25.8 Å². The van der Waals surface area contributed by atoms with Crippen LogP contribution in [0.15, 0.2) is 12.1 Å². The number of rotatable bonds is 5. The summed E-state index contributed by atoms with van der Waals surface area (Å²) < 4.78 is 10.7. The minimum absolute atomic E-state index is 0.156. The average molecular weight is 375 g/mol. The first kappa shape index (κ1) is 19.5. The lowest BCUT2D eigenvalue weighted by Gasteiger charge is -2.45. The molecule has 4 N–H and O–H groups in total. The Balaban J connectivity index is 1.84. The lowest BCUT2D eigenvalue weighted by molar-refractivity contribution is -0.114. The number of ether oxygens (including phenoxy) is 2. The van der Waals surface area contributed by atoms with Crippen LogP contribution < -0.4 is 25.8 Å². The predicted molar refractivity (Wildman–Crippen MR) is 103 cm³/mol. The third kappa shape index (κ3) is 4.18. The van der Waals surface area contributed by atoms with Crippen molar-refractivity contribution < 1.29 is 19.1 Å². The SMILES string of the molecule is COc1cc(C(=O)NC2C3CCCC2CC(N)C3)cc(NC(C)=O)c1OC. The van der Waals surface area contributed by atoms with Crippen molar-refractivity contribution in [2.24, 2.45) is 17.6 Å². The molecule has 7 heteroatoms. The van der Waals surface area contributed by atoms with E-state index in [4.69, 9.17) is 15.2 Å². The van der Waals surface area contributed by atoms with Crippen molar-refractivity contribution >= 4 is 17.5 Å². The van der Waals surface area contributed by atoms with Gasteiger partial charge in [-0.25, -0.2) is 0 Å². The first-order valence-corrected chi connectivity index (χ1v) is 9.53. The van der Waals surface area contributed by atoms with Crippen molar-refractivity contribution in [3.63, 3.8) is 0 Å². The number of methoxy groups -OCH3 is 2. The zero-order valence-corrected chi connectivity index (χ0v) is 16.2. The van der Waals surface area contributed by atoms with E-state index in [0.29, 0.717) is 34.6 Å². The van der Waals surface area contributed by atoms with Crippen molar-refractivity contribution in [3.8, 4) is 11.5 Å². The number of amides is 2. The van der Waals surface area contributed by atoms with Crippen LogP contribution in [0, 0.1) is 11.8 Å². The summed E-state index contributed by atoms with van der Waals surface area (Å²) in [5, 5.41) is 5.93. The number of hydrogen-bond acceptors (Lipinski definition) is 5. The maximum absolute atomic E-state index is 13.0. The number of carbonyl (C=O) groups excluding carboxylic acids is 2. The standard InChI is InChI=1S/C20H29N3O4/c1-11(24)22-16-9-14(10-17(26-2)19(16)27-3)20(25)23-18-12-5-4-6-13(18)8-15(21)7-12/h9-10,12-13,15,18H,4-8,21H2,1-3H3,(H,22,24)(H,23,25). The second-order valence-corrected chi connectivity index (χ2v) is 7.62. The van der Waals surface area contributed by atoms with Crippen molar-refractivity contribution in [2.45, 2.75) is 51.1 Å². The van der Waals surface area contributed by atoms with Gasteiger partial charge in [0.1, 0.15) is 0 Å². The zero-order valence-electron chi connectivity index (χ0n) is 16.2. The Labute approximate surface area is 160 Å². The number of nitrogens with two attached hydrogens (primary N) is 1. The lowest BCUT2D eigenvalue weighted by atomic mass is 9.67. The van der Waals surface area contributed by atoms with Gasteiger partial charge >= 0.3 is 0 Å². The van der Waals surface area contributed by atoms with Gasteiger partial charge in [0.15, 0.2) is 11.5 Å². The van der Waals surface area contributed by atoms with Crippen LogP contribution in [0.3, 0.4) is 0 Å². The van der Waals surface area contributed by atoms with E-state index in [1.54, 1.807) is 12.1 Å². The molecule has 2 amide bonds. The number of anilines is 1. The molecule has 0 spiro atoms. The summed E-state index contributed by atoms with van der Waals surface area (Å²) in [7, 11) is 3.00. The minimum Gasteiger partial charge on any atom is -0.493 e. The van der Waals surface area contributed by atoms with Crippen LogP contribution in [-0.4, -0.2) is 38.1 Å². The van der Waals surface area contributed by atoms with E-state index in [1.807, 2.05) is 0 Å². The molecule has 2 atom stereocenters. The van der Waals surface area contributed by atoms with Crippen molar-refractivity contribution in [2.75, 3.05) is 19.5 Å². The van der Waals surface area contributed by atoms with Crippen molar-refractivity contribution in [1.82, 2.24) is 5.32 Å². The Morgan fingerprint density at radius 3 is 2.33 bits per heavy atom. The molecule has 0 aliphatic heterocycles. The summed E-state index contributed by atoms with van der Waals surface area (Å²) >= 11 is 0. The zero-order chi connectivity index (χ0) is 19.6. The van der Waals surface area contributed by atoms with E-state index in [2.05, 4.69) is 10.6 Å². The Hall–Kier alpha value is -2.28. The molecule has 2 aliphatic rings. The molecule has 1 aromatic carbocycles. The highest BCUT2D eigenvalue weighted by Crippen LogP contribution is 2.40. The van der Waals surface area contributed by atoms with Gasteiger partial charge in [0.05, 0.1) is 19.9 Å². The second kappa shape index (κ2) is 8.17. The Morgan fingerprint density at radius 1 is 1.11 bits per heavy atom. The highest BCUT2D eigenvalue weighted by Gasteiger charge is 2.40. The minimum atomic E-state index is -0.247. The van der Waals surface area contributed by atoms with E-state index in [-0.39, 0.29) is 23.9 Å². The maximum Gasteiger partial charge on any atom is 0.251 e. The fraction of sp³-hybridized carbons (Fsp3) is 0.600. The van der Waals surface area contributed by atoms with Gasteiger partial charge in [-0.05, 0) is 49.7 Å². The monoisotopic (exact) mass is 375 g/mol. The van der Waals surface area contributed by atoms with E-state index >= 15 is 0 Å². The third-order valence-electron chi connectivity index (χ3n) is 5.73. The van der Waals surface area contributed by atoms with Gasteiger partial charge in [-0.15, -0.1) is 0 Å². The molecule has 3 rings (SSSR count). The van der Waals surface area contributed by atoms with E-state index in [0.717, 1.165) is 25.7 Å². The molecule has 2 fully saturated rings. The Bertz CT molecular complexity index is 707. The normalized spacial score (nSPS) is 26.8. The van der Waals surface area contributed by atoms with E-state index < -0.39 is 0 Å². The third-order valence-corrected chi connectivity index (χ3v) is 5.73. The van der Waals surface area contributed by atoms with Gasteiger partial charge in [0.25, 0.3) is 5.91 Å². The van der Waals surface area contributed by atoms with Crippen molar-refractivity contribution in [3.05, 3.63) is 17.7 Å². The smallest absolute Gasteiger partial charge is 0.251 e. The molecule has 0 aromatic heterocycles. The summed E-state index contributed by atoms with van der Waals surface area (Å²) in [5.41, 5.74) is 7.03. The number of benzene rings is 1. The maximum atomic E-state index is 13.0. The van der Waals surface area contributed by atoms with Crippen LogP contribution in [0.5, 0.6) is 11.5 Å². The molecular formula is C20H29N3O4. The first-order valence-electron chi connectivity index (χ1n) is 9.53. The number of carbonyl (C=O) groups is 2. The molecule has 2 aliphatic carbocycles. The van der Waals surface area contributed by atoms with Gasteiger partial charge in [-0.3, -0.25) is 9.59 Å². The topological polar surface area (TPSA) is 103 Å². The Kier molecular flexibility index (Phi) is 5.89. The van der Waals surface area contributed by atoms with Gasteiger partial charge in [0, 0.05) is 24.6 Å². The van der Waals surface area contributed by atoms with Crippen LogP contribution in [0.2, 0.25) is 0 Å². The van der Waals surface area contributed by atoms with Crippen LogP contribution in [0.1, 0.15) is 49.4 Å². The summed E-state index contributed by atoms with van der Waals surface area (Å²) in [6, 6.07) is 3.66. The predicted octanol–water partition coefficient (Wildman–Crippen LogP) is 2.30. The second-order valence-electron chi connectivity index (χ2n) is 7.62.